The Bertz CT molecular complexity index is 273. The third-order valence-electron chi connectivity index (χ3n) is 1.65. The third-order valence-corrected chi connectivity index (χ3v) is 1.95. The van der Waals surface area contributed by atoms with E-state index in [0.29, 0.717) is 11.1 Å². The van der Waals surface area contributed by atoms with Crippen LogP contribution in [0.3, 0.4) is 0 Å². The van der Waals surface area contributed by atoms with E-state index < -0.39 is 0 Å². The average Bonchev–Trinajstić information content (AvgIpc) is 2.03. The van der Waals surface area contributed by atoms with E-state index >= 15 is 0 Å². The summed E-state index contributed by atoms with van der Waals surface area (Å²) in [4.78, 5) is 8.00. The van der Waals surface area contributed by atoms with Gasteiger partial charge < -0.3 is 5.32 Å². The molecular weight excluding hydrogens is 174 g/mol. The largest absolute Gasteiger partial charge is 0.373 e. The molecular formula is C8H12ClN3. The van der Waals surface area contributed by atoms with Crippen molar-refractivity contribution in [3.05, 3.63) is 17.0 Å². The van der Waals surface area contributed by atoms with E-state index in [4.69, 9.17) is 11.6 Å². The van der Waals surface area contributed by atoms with Crippen molar-refractivity contribution in [3.8, 4) is 0 Å². The van der Waals surface area contributed by atoms with Gasteiger partial charge in [-0.15, -0.1) is 0 Å². The lowest BCUT2D eigenvalue weighted by molar-refractivity contribution is 0.849. The van der Waals surface area contributed by atoms with Crippen LogP contribution in [0.4, 0.5) is 5.82 Å². The Morgan fingerprint density at radius 3 is 2.50 bits per heavy atom. The van der Waals surface area contributed by atoms with Gasteiger partial charge in [0, 0.05) is 12.6 Å². The highest BCUT2D eigenvalue weighted by Gasteiger charge is 2.11. The minimum atomic E-state index is 0.334. The Balaban J connectivity index is 3.20. The zero-order valence-corrected chi connectivity index (χ0v) is 8.18. The van der Waals surface area contributed by atoms with Gasteiger partial charge >= 0.3 is 0 Å². The van der Waals surface area contributed by atoms with E-state index in [1.165, 1.54) is 6.33 Å². The van der Waals surface area contributed by atoms with Crippen LogP contribution in [0.5, 0.6) is 0 Å². The van der Waals surface area contributed by atoms with Gasteiger partial charge in [0.05, 0.1) is 0 Å². The van der Waals surface area contributed by atoms with E-state index in [2.05, 4.69) is 29.1 Å². The van der Waals surface area contributed by atoms with Crippen LogP contribution in [0.15, 0.2) is 6.33 Å². The molecule has 1 heterocycles. The minimum Gasteiger partial charge on any atom is -0.373 e. The number of nitrogens with one attached hydrogen (secondary N) is 1. The van der Waals surface area contributed by atoms with Gasteiger partial charge in [0.25, 0.3) is 0 Å². The quantitative estimate of drug-likeness (QED) is 0.719. The molecule has 0 aliphatic carbocycles. The Morgan fingerprint density at radius 2 is 2.08 bits per heavy atom. The van der Waals surface area contributed by atoms with Crippen molar-refractivity contribution in [2.75, 3.05) is 12.4 Å². The van der Waals surface area contributed by atoms with Gasteiger partial charge in [0.1, 0.15) is 17.3 Å². The van der Waals surface area contributed by atoms with E-state index in [-0.39, 0.29) is 0 Å². The first kappa shape index (κ1) is 9.26. The molecule has 0 radical (unpaired) electrons. The normalized spacial score (nSPS) is 10.4. The highest BCUT2D eigenvalue weighted by Crippen LogP contribution is 2.27. The van der Waals surface area contributed by atoms with Gasteiger partial charge in [-0.2, -0.15) is 0 Å². The highest BCUT2D eigenvalue weighted by atomic mass is 35.5. The van der Waals surface area contributed by atoms with Gasteiger partial charge in [-0.3, -0.25) is 0 Å². The lowest BCUT2D eigenvalue weighted by atomic mass is 10.1. The first-order valence-electron chi connectivity index (χ1n) is 3.85. The summed E-state index contributed by atoms with van der Waals surface area (Å²) in [5.41, 5.74) is 0.974. The first-order chi connectivity index (χ1) is 5.66. The van der Waals surface area contributed by atoms with Crippen LogP contribution < -0.4 is 5.32 Å². The number of hydrogen-bond acceptors (Lipinski definition) is 3. The lowest BCUT2D eigenvalue weighted by Crippen LogP contribution is -2.02. The van der Waals surface area contributed by atoms with Gasteiger partial charge in [-0.25, -0.2) is 9.97 Å². The van der Waals surface area contributed by atoms with Crippen LogP contribution in [0.25, 0.3) is 0 Å². The fourth-order valence-electron chi connectivity index (χ4n) is 1.08. The SMILES string of the molecule is CNc1ncnc(Cl)c1C(C)C. The van der Waals surface area contributed by atoms with Crippen LogP contribution in [0, 0.1) is 0 Å². The fourth-order valence-corrected chi connectivity index (χ4v) is 1.44. The summed E-state index contributed by atoms with van der Waals surface area (Å²) in [5.74, 6) is 1.14. The number of halogens is 1. The Labute approximate surface area is 77.2 Å². The summed E-state index contributed by atoms with van der Waals surface area (Å²) in [6.07, 6.45) is 1.46. The molecule has 1 rings (SSSR count). The van der Waals surface area contributed by atoms with Gasteiger partial charge in [0.15, 0.2) is 0 Å². The second kappa shape index (κ2) is 3.72. The molecule has 0 atom stereocenters. The van der Waals surface area contributed by atoms with E-state index in [1.54, 1.807) is 0 Å². The predicted octanol–water partition coefficient (Wildman–Crippen LogP) is 2.30. The van der Waals surface area contributed by atoms with Gasteiger partial charge in [-0.05, 0) is 5.92 Å². The Morgan fingerprint density at radius 1 is 1.42 bits per heavy atom. The second-order valence-corrected chi connectivity index (χ2v) is 3.19. The van der Waals surface area contributed by atoms with E-state index in [1.807, 2.05) is 7.05 Å². The third kappa shape index (κ3) is 1.67. The summed E-state index contributed by atoms with van der Waals surface area (Å²) in [7, 11) is 1.82. The van der Waals surface area contributed by atoms with Crippen molar-refractivity contribution >= 4 is 17.4 Å². The molecule has 0 aromatic carbocycles. The molecule has 3 nitrogen and oxygen atoms in total. The summed E-state index contributed by atoms with van der Waals surface area (Å²) in [5, 5.41) is 3.51. The summed E-state index contributed by atoms with van der Waals surface area (Å²) in [6.45, 7) is 4.12. The topological polar surface area (TPSA) is 37.8 Å². The molecule has 1 aromatic rings. The molecule has 0 aliphatic rings. The van der Waals surface area contributed by atoms with Crippen molar-refractivity contribution in [1.29, 1.82) is 0 Å². The van der Waals surface area contributed by atoms with Crippen LogP contribution in [-0.2, 0) is 0 Å². The average molecular weight is 186 g/mol. The molecule has 0 spiro atoms. The zero-order chi connectivity index (χ0) is 9.14. The Hall–Kier alpha value is -0.830. The summed E-state index contributed by atoms with van der Waals surface area (Å²) in [6, 6.07) is 0. The molecule has 0 fully saturated rings. The predicted molar refractivity (Wildman–Crippen MR) is 50.7 cm³/mol. The van der Waals surface area contributed by atoms with Crippen molar-refractivity contribution in [2.24, 2.45) is 0 Å². The molecule has 4 heteroatoms. The van der Waals surface area contributed by atoms with Crippen molar-refractivity contribution in [3.63, 3.8) is 0 Å². The maximum absolute atomic E-state index is 5.91. The van der Waals surface area contributed by atoms with E-state index in [9.17, 15) is 0 Å². The van der Waals surface area contributed by atoms with Crippen LogP contribution >= 0.6 is 11.6 Å². The lowest BCUT2D eigenvalue weighted by Gasteiger charge is -2.11. The molecule has 1 aromatic heterocycles. The number of hydrogen-bond donors (Lipinski definition) is 1. The zero-order valence-electron chi connectivity index (χ0n) is 7.43. The number of anilines is 1. The molecule has 66 valence electrons. The van der Waals surface area contributed by atoms with E-state index in [0.717, 1.165) is 11.4 Å². The second-order valence-electron chi connectivity index (χ2n) is 2.83. The van der Waals surface area contributed by atoms with Crippen molar-refractivity contribution in [2.45, 2.75) is 19.8 Å². The van der Waals surface area contributed by atoms with Crippen molar-refractivity contribution < 1.29 is 0 Å². The van der Waals surface area contributed by atoms with Gasteiger partial charge in [0.2, 0.25) is 0 Å². The maximum atomic E-state index is 5.91. The molecule has 0 saturated heterocycles. The molecule has 12 heavy (non-hydrogen) atoms. The molecule has 0 saturated carbocycles. The Kier molecular flexibility index (Phi) is 2.87. The smallest absolute Gasteiger partial charge is 0.138 e. The number of rotatable bonds is 2. The van der Waals surface area contributed by atoms with Crippen molar-refractivity contribution in [1.82, 2.24) is 9.97 Å². The summed E-state index contributed by atoms with van der Waals surface area (Å²) < 4.78 is 0. The molecule has 0 amide bonds. The molecule has 1 N–H and O–H groups in total. The van der Waals surface area contributed by atoms with Crippen LogP contribution in [0.2, 0.25) is 5.15 Å². The molecule has 0 bridgehead atoms. The molecule has 0 aliphatic heterocycles. The van der Waals surface area contributed by atoms with Crippen LogP contribution in [0.1, 0.15) is 25.3 Å². The molecule has 0 unspecified atom stereocenters. The first-order valence-corrected chi connectivity index (χ1v) is 4.22. The summed E-state index contributed by atoms with van der Waals surface area (Å²) >= 11 is 5.91. The standard InChI is InChI=1S/C8H12ClN3/c1-5(2)6-7(9)11-4-12-8(6)10-3/h4-5H,1-3H3,(H,10,11,12). The number of nitrogens with zero attached hydrogens (tertiary/aromatic N) is 2. The maximum Gasteiger partial charge on any atom is 0.138 e. The fraction of sp³-hybridized carbons (Fsp3) is 0.500. The van der Waals surface area contributed by atoms with Crippen LogP contribution in [-0.4, -0.2) is 17.0 Å². The monoisotopic (exact) mass is 185 g/mol. The highest BCUT2D eigenvalue weighted by molar-refractivity contribution is 6.30. The van der Waals surface area contributed by atoms with Gasteiger partial charge in [-0.1, -0.05) is 25.4 Å². The minimum absolute atomic E-state index is 0.334. The number of aromatic nitrogens is 2.